The molecule has 1 aliphatic rings. The minimum atomic E-state index is -0.285. The van der Waals surface area contributed by atoms with Gasteiger partial charge in [-0.15, -0.1) is 5.10 Å². The monoisotopic (exact) mass is 351 g/mol. The molecule has 0 atom stereocenters. The van der Waals surface area contributed by atoms with Gasteiger partial charge in [0, 0.05) is 17.7 Å². The molecule has 1 amide bonds. The van der Waals surface area contributed by atoms with Crippen LogP contribution in [0.15, 0.2) is 48.5 Å². The number of benzene rings is 2. The first-order valence-corrected chi connectivity index (χ1v) is 8.61. The van der Waals surface area contributed by atoms with Gasteiger partial charge < -0.3 is 5.32 Å². The molecule has 6 nitrogen and oxygen atoms in total. The Labute approximate surface area is 150 Å². The number of hydrogen-bond donors (Lipinski definition) is 1. The maximum atomic E-state index is 13.2. The molecule has 0 bridgehead atoms. The van der Waals surface area contributed by atoms with Crippen molar-refractivity contribution in [2.24, 2.45) is 0 Å². The number of carbonyl (C=O) groups is 1. The summed E-state index contributed by atoms with van der Waals surface area (Å²) in [5.41, 5.74) is 2.44. The number of carbonyl (C=O) groups excluding carboxylic acids is 1. The number of tetrazole rings is 1. The molecule has 0 saturated heterocycles. The number of aromatic nitrogens is 4. The van der Waals surface area contributed by atoms with E-state index in [2.05, 4.69) is 20.8 Å². The van der Waals surface area contributed by atoms with Gasteiger partial charge in [-0.25, -0.2) is 9.07 Å². The van der Waals surface area contributed by atoms with Crippen LogP contribution < -0.4 is 5.32 Å². The molecule has 0 radical (unpaired) electrons. The number of rotatable bonds is 6. The second-order valence-electron chi connectivity index (χ2n) is 6.43. The van der Waals surface area contributed by atoms with Gasteiger partial charge in [0.05, 0.1) is 6.04 Å². The molecule has 4 rings (SSSR count). The normalized spacial score (nSPS) is 13.6. The molecule has 1 heterocycles. The van der Waals surface area contributed by atoms with Gasteiger partial charge in [0.2, 0.25) is 5.91 Å². The first-order chi connectivity index (χ1) is 12.7. The summed E-state index contributed by atoms with van der Waals surface area (Å²) in [5, 5.41) is 14.8. The first kappa shape index (κ1) is 16.4. The topological polar surface area (TPSA) is 72.7 Å². The Morgan fingerprint density at radius 2 is 2.00 bits per heavy atom. The third-order valence-electron chi connectivity index (χ3n) is 4.34. The summed E-state index contributed by atoms with van der Waals surface area (Å²) in [6.07, 6.45) is 3.01. The van der Waals surface area contributed by atoms with Crippen molar-refractivity contribution in [2.75, 3.05) is 5.32 Å². The number of anilines is 1. The van der Waals surface area contributed by atoms with Crippen molar-refractivity contribution >= 4 is 11.6 Å². The fourth-order valence-corrected chi connectivity index (χ4v) is 2.83. The number of aryl methyl sites for hydroxylation is 1. The van der Waals surface area contributed by atoms with E-state index in [0.29, 0.717) is 24.6 Å². The highest BCUT2D eigenvalue weighted by atomic mass is 19.1. The van der Waals surface area contributed by atoms with E-state index in [9.17, 15) is 9.18 Å². The molecular weight excluding hydrogens is 333 g/mol. The summed E-state index contributed by atoms with van der Waals surface area (Å²) in [7, 11) is 0. The average Bonchev–Trinajstić information content (AvgIpc) is 3.38. The molecule has 1 fully saturated rings. The van der Waals surface area contributed by atoms with Crippen molar-refractivity contribution in [3.8, 4) is 11.4 Å². The van der Waals surface area contributed by atoms with E-state index >= 15 is 0 Å². The van der Waals surface area contributed by atoms with Crippen LogP contribution in [0.25, 0.3) is 11.4 Å². The molecule has 0 unspecified atom stereocenters. The highest BCUT2D eigenvalue weighted by Crippen LogP contribution is 2.36. The van der Waals surface area contributed by atoms with Gasteiger partial charge in [0.1, 0.15) is 5.82 Å². The van der Waals surface area contributed by atoms with Gasteiger partial charge in [0.25, 0.3) is 0 Å². The molecular formula is C19H18FN5O. The molecule has 1 aromatic heterocycles. The molecule has 2 aromatic carbocycles. The van der Waals surface area contributed by atoms with Crippen LogP contribution in [0.3, 0.4) is 0 Å². The fourth-order valence-electron chi connectivity index (χ4n) is 2.83. The van der Waals surface area contributed by atoms with Crippen LogP contribution in [-0.2, 0) is 11.2 Å². The van der Waals surface area contributed by atoms with Crippen molar-refractivity contribution in [1.29, 1.82) is 0 Å². The Morgan fingerprint density at radius 3 is 2.73 bits per heavy atom. The summed E-state index contributed by atoms with van der Waals surface area (Å²) in [6, 6.07) is 14.2. The Hall–Kier alpha value is -3.09. The summed E-state index contributed by atoms with van der Waals surface area (Å²) in [6.45, 7) is 0. The second-order valence-corrected chi connectivity index (χ2v) is 6.43. The summed E-state index contributed by atoms with van der Waals surface area (Å²) in [4.78, 5) is 12.1. The molecule has 0 spiro atoms. The number of halogens is 1. The number of hydrogen-bond acceptors (Lipinski definition) is 4. The Balaban J connectivity index is 1.36. The predicted octanol–water partition coefficient (Wildman–Crippen LogP) is 3.39. The second kappa shape index (κ2) is 7.03. The minimum absolute atomic E-state index is 0.107. The molecule has 0 aliphatic heterocycles. The maximum absolute atomic E-state index is 13.2. The standard InChI is InChI=1S/C19H18FN5O/c20-15-3-1-2-13(12-15)4-11-18(26)21-16-7-5-14(6-8-16)19-22-23-24-25(19)17-9-10-17/h1-3,5-8,12,17H,4,9-11H2,(H,21,26). The van der Waals surface area contributed by atoms with E-state index in [1.165, 1.54) is 12.1 Å². The smallest absolute Gasteiger partial charge is 0.224 e. The largest absolute Gasteiger partial charge is 0.326 e. The van der Waals surface area contributed by atoms with E-state index in [1.807, 2.05) is 35.0 Å². The summed E-state index contributed by atoms with van der Waals surface area (Å²) in [5.74, 6) is 0.355. The summed E-state index contributed by atoms with van der Waals surface area (Å²) < 4.78 is 15.0. The lowest BCUT2D eigenvalue weighted by molar-refractivity contribution is -0.116. The zero-order valence-electron chi connectivity index (χ0n) is 14.1. The van der Waals surface area contributed by atoms with Gasteiger partial charge in [-0.3, -0.25) is 4.79 Å². The molecule has 1 saturated carbocycles. The van der Waals surface area contributed by atoms with Gasteiger partial charge >= 0.3 is 0 Å². The third-order valence-corrected chi connectivity index (χ3v) is 4.34. The van der Waals surface area contributed by atoms with Crippen LogP contribution in [0.1, 0.15) is 30.9 Å². The Bertz CT molecular complexity index is 918. The van der Waals surface area contributed by atoms with Crippen molar-refractivity contribution < 1.29 is 9.18 Å². The van der Waals surface area contributed by atoms with Gasteiger partial charge in [-0.1, -0.05) is 12.1 Å². The van der Waals surface area contributed by atoms with Crippen LogP contribution in [0.2, 0.25) is 0 Å². The third kappa shape index (κ3) is 3.77. The summed E-state index contributed by atoms with van der Waals surface area (Å²) >= 11 is 0. The SMILES string of the molecule is O=C(CCc1cccc(F)c1)Nc1ccc(-c2nnnn2C2CC2)cc1. The lowest BCUT2D eigenvalue weighted by Crippen LogP contribution is -2.12. The lowest BCUT2D eigenvalue weighted by Gasteiger charge is -2.07. The Morgan fingerprint density at radius 1 is 1.19 bits per heavy atom. The first-order valence-electron chi connectivity index (χ1n) is 8.61. The van der Waals surface area contributed by atoms with E-state index in [4.69, 9.17) is 0 Å². The number of nitrogens with one attached hydrogen (secondary N) is 1. The molecule has 1 aliphatic carbocycles. The van der Waals surface area contributed by atoms with Crippen LogP contribution in [0.4, 0.5) is 10.1 Å². The lowest BCUT2D eigenvalue weighted by atomic mass is 10.1. The van der Waals surface area contributed by atoms with Crippen LogP contribution in [0, 0.1) is 5.82 Å². The highest BCUT2D eigenvalue weighted by molar-refractivity contribution is 5.91. The highest BCUT2D eigenvalue weighted by Gasteiger charge is 2.28. The van der Waals surface area contributed by atoms with Crippen LogP contribution in [-0.4, -0.2) is 26.1 Å². The Kier molecular flexibility index (Phi) is 4.43. The zero-order valence-corrected chi connectivity index (χ0v) is 14.1. The van der Waals surface area contributed by atoms with E-state index < -0.39 is 0 Å². The predicted molar refractivity (Wildman–Crippen MR) is 94.9 cm³/mol. The quantitative estimate of drug-likeness (QED) is 0.739. The number of amides is 1. The van der Waals surface area contributed by atoms with Gasteiger partial charge in [0.15, 0.2) is 5.82 Å². The van der Waals surface area contributed by atoms with E-state index in [0.717, 1.165) is 29.8 Å². The van der Waals surface area contributed by atoms with E-state index in [1.54, 1.807) is 6.07 Å². The van der Waals surface area contributed by atoms with Crippen molar-refractivity contribution in [3.63, 3.8) is 0 Å². The number of nitrogens with zero attached hydrogens (tertiary/aromatic N) is 4. The fraction of sp³-hybridized carbons (Fsp3) is 0.263. The van der Waals surface area contributed by atoms with Crippen LogP contribution in [0.5, 0.6) is 0 Å². The maximum Gasteiger partial charge on any atom is 0.224 e. The average molecular weight is 351 g/mol. The molecule has 3 aromatic rings. The van der Waals surface area contributed by atoms with E-state index in [-0.39, 0.29) is 11.7 Å². The molecule has 1 N–H and O–H groups in total. The minimum Gasteiger partial charge on any atom is -0.326 e. The molecule has 132 valence electrons. The van der Waals surface area contributed by atoms with Crippen LogP contribution >= 0.6 is 0 Å². The van der Waals surface area contributed by atoms with Crippen molar-refractivity contribution in [2.45, 2.75) is 31.7 Å². The molecule has 7 heteroatoms. The van der Waals surface area contributed by atoms with Crippen molar-refractivity contribution in [1.82, 2.24) is 20.2 Å². The van der Waals surface area contributed by atoms with Gasteiger partial charge in [-0.2, -0.15) is 0 Å². The molecule has 26 heavy (non-hydrogen) atoms. The zero-order chi connectivity index (χ0) is 17.9. The van der Waals surface area contributed by atoms with Crippen molar-refractivity contribution in [3.05, 3.63) is 59.9 Å². The van der Waals surface area contributed by atoms with Gasteiger partial charge in [-0.05, 0) is 71.7 Å².